The Balaban J connectivity index is 2.46. The molecule has 1 aromatic heterocycles. The van der Waals surface area contributed by atoms with E-state index in [1.807, 2.05) is 14.1 Å². The maximum Gasteiger partial charge on any atom is 0.258 e. The lowest BCUT2D eigenvalue weighted by Crippen LogP contribution is -2.26. The molecule has 0 saturated carbocycles. The number of unbranched alkanes of at least 4 members (excludes halogenated alkanes) is 1. The van der Waals surface area contributed by atoms with Gasteiger partial charge in [-0.3, -0.25) is 0 Å². The SMILES string of the molecule is CN(C)CCCCNS(=O)(=O)c1ccc(CO)cn1. The van der Waals surface area contributed by atoms with E-state index in [9.17, 15) is 8.42 Å². The first kappa shape index (κ1) is 16.0. The molecule has 0 radical (unpaired) electrons. The summed E-state index contributed by atoms with van der Waals surface area (Å²) in [5.74, 6) is 0. The van der Waals surface area contributed by atoms with E-state index < -0.39 is 10.0 Å². The molecule has 108 valence electrons. The molecule has 2 N–H and O–H groups in total. The fourth-order valence-electron chi connectivity index (χ4n) is 1.50. The zero-order valence-electron chi connectivity index (χ0n) is 11.3. The van der Waals surface area contributed by atoms with Gasteiger partial charge in [0, 0.05) is 12.7 Å². The number of nitrogens with zero attached hydrogens (tertiary/aromatic N) is 2. The van der Waals surface area contributed by atoms with E-state index in [-0.39, 0.29) is 11.6 Å². The number of nitrogens with one attached hydrogen (secondary N) is 1. The largest absolute Gasteiger partial charge is 0.392 e. The van der Waals surface area contributed by atoms with Crippen molar-refractivity contribution in [3.8, 4) is 0 Å². The smallest absolute Gasteiger partial charge is 0.258 e. The Bertz CT molecular complexity index is 471. The summed E-state index contributed by atoms with van der Waals surface area (Å²) in [6, 6.07) is 2.95. The van der Waals surface area contributed by atoms with Crippen molar-refractivity contribution in [3.05, 3.63) is 23.9 Å². The number of hydrogen-bond donors (Lipinski definition) is 2. The Morgan fingerprint density at radius 2 is 2.05 bits per heavy atom. The van der Waals surface area contributed by atoms with E-state index in [0.717, 1.165) is 19.4 Å². The van der Waals surface area contributed by atoms with Crippen LogP contribution in [0.5, 0.6) is 0 Å². The highest BCUT2D eigenvalue weighted by molar-refractivity contribution is 7.89. The fourth-order valence-corrected chi connectivity index (χ4v) is 2.50. The number of pyridine rings is 1. The molecular weight excluding hydrogens is 266 g/mol. The Kier molecular flexibility index (Phi) is 6.36. The molecule has 1 aromatic rings. The van der Waals surface area contributed by atoms with E-state index in [1.54, 1.807) is 6.07 Å². The van der Waals surface area contributed by atoms with Crippen molar-refractivity contribution in [2.45, 2.75) is 24.5 Å². The van der Waals surface area contributed by atoms with Crippen molar-refractivity contribution in [3.63, 3.8) is 0 Å². The quantitative estimate of drug-likeness (QED) is 0.667. The predicted molar refractivity (Wildman–Crippen MR) is 73.1 cm³/mol. The molecule has 0 atom stereocenters. The average Bonchev–Trinajstić information content (AvgIpc) is 2.38. The van der Waals surface area contributed by atoms with Crippen molar-refractivity contribution in [2.75, 3.05) is 27.2 Å². The molecule has 0 spiro atoms. The molecule has 0 aliphatic heterocycles. The lowest BCUT2D eigenvalue weighted by atomic mass is 10.3. The van der Waals surface area contributed by atoms with Crippen LogP contribution in [0, 0.1) is 0 Å². The van der Waals surface area contributed by atoms with Gasteiger partial charge in [-0.25, -0.2) is 18.1 Å². The van der Waals surface area contributed by atoms with Crippen molar-refractivity contribution >= 4 is 10.0 Å². The van der Waals surface area contributed by atoms with Crippen LogP contribution in [0.15, 0.2) is 23.4 Å². The van der Waals surface area contributed by atoms with Gasteiger partial charge in [-0.2, -0.15) is 0 Å². The van der Waals surface area contributed by atoms with Crippen LogP contribution in [0.4, 0.5) is 0 Å². The third-order valence-corrected chi connectivity index (χ3v) is 3.96. The van der Waals surface area contributed by atoms with Crippen molar-refractivity contribution in [1.29, 1.82) is 0 Å². The molecule has 1 heterocycles. The number of sulfonamides is 1. The third-order valence-electron chi connectivity index (χ3n) is 2.58. The van der Waals surface area contributed by atoms with Gasteiger partial charge >= 0.3 is 0 Å². The normalized spacial score (nSPS) is 12.0. The minimum atomic E-state index is -3.54. The average molecular weight is 287 g/mol. The van der Waals surface area contributed by atoms with Gasteiger partial charge < -0.3 is 10.0 Å². The molecule has 0 unspecified atom stereocenters. The minimum absolute atomic E-state index is 0.0164. The highest BCUT2D eigenvalue weighted by Crippen LogP contribution is 2.06. The van der Waals surface area contributed by atoms with Gasteiger partial charge in [-0.1, -0.05) is 6.07 Å². The second-order valence-electron chi connectivity index (χ2n) is 4.57. The summed E-state index contributed by atoms with van der Waals surface area (Å²) in [4.78, 5) is 5.89. The van der Waals surface area contributed by atoms with E-state index in [1.165, 1.54) is 12.3 Å². The van der Waals surface area contributed by atoms with Crippen LogP contribution in [0.3, 0.4) is 0 Å². The fraction of sp³-hybridized carbons (Fsp3) is 0.583. The molecule has 0 bridgehead atoms. The zero-order chi connectivity index (χ0) is 14.3. The number of rotatable bonds is 8. The van der Waals surface area contributed by atoms with Crippen LogP contribution >= 0.6 is 0 Å². The van der Waals surface area contributed by atoms with Gasteiger partial charge in [0.25, 0.3) is 10.0 Å². The molecule has 1 rings (SSSR count). The highest BCUT2D eigenvalue weighted by Gasteiger charge is 2.14. The maximum absolute atomic E-state index is 11.9. The molecule has 19 heavy (non-hydrogen) atoms. The monoisotopic (exact) mass is 287 g/mol. The number of hydrogen-bond acceptors (Lipinski definition) is 5. The first-order valence-electron chi connectivity index (χ1n) is 6.16. The van der Waals surface area contributed by atoms with Crippen LogP contribution in [-0.4, -0.2) is 50.6 Å². The highest BCUT2D eigenvalue weighted by atomic mass is 32.2. The second kappa shape index (κ2) is 7.54. The third kappa shape index (κ3) is 5.65. The lowest BCUT2D eigenvalue weighted by Gasteiger charge is -2.09. The Morgan fingerprint density at radius 3 is 2.58 bits per heavy atom. The molecule has 7 heteroatoms. The van der Waals surface area contributed by atoms with Crippen LogP contribution < -0.4 is 4.72 Å². The summed E-state index contributed by atoms with van der Waals surface area (Å²) in [5.41, 5.74) is 0.588. The van der Waals surface area contributed by atoms with Gasteiger partial charge in [0.2, 0.25) is 0 Å². The Labute approximate surface area is 114 Å². The molecule has 0 saturated heterocycles. The summed E-state index contributed by atoms with van der Waals surface area (Å²) >= 11 is 0. The van der Waals surface area contributed by atoms with Gasteiger partial charge in [-0.15, -0.1) is 0 Å². The van der Waals surface area contributed by atoms with Crippen LogP contribution in [0.1, 0.15) is 18.4 Å². The molecule has 6 nitrogen and oxygen atoms in total. The summed E-state index contributed by atoms with van der Waals surface area (Å²) in [7, 11) is 0.424. The van der Waals surface area contributed by atoms with Gasteiger partial charge in [0.05, 0.1) is 6.61 Å². The molecular formula is C12H21N3O3S. The van der Waals surface area contributed by atoms with Crippen molar-refractivity contribution in [1.82, 2.24) is 14.6 Å². The summed E-state index contributed by atoms with van der Waals surface area (Å²) in [6.45, 7) is 1.19. The first-order valence-corrected chi connectivity index (χ1v) is 7.64. The number of aromatic nitrogens is 1. The molecule has 0 fully saturated rings. The predicted octanol–water partition coefficient (Wildman–Crippen LogP) is 0.194. The first-order chi connectivity index (χ1) is 8.95. The van der Waals surface area contributed by atoms with E-state index in [0.29, 0.717) is 12.1 Å². The molecule has 0 aliphatic rings. The maximum atomic E-state index is 11.9. The molecule has 0 aromatic carbocycles. The summed E-state index contributed by atoms with van der Waals surface area (Å²) in [5, 5.41) is 8.85. The summed E-state index contributed by atoms with van der Waals surface area (Å²) < 4.78 is 26.3. The standard InChI is InChI=1S/C12H21N3O3S/c1-15(2)8-4-3-7-14-19(17,18)12-6-5-11(10-16)9-13-12/h5-6,9,14,16H,3-4,7-8,10H2,1-2H3. The molecule has 0 aliphatic carbocycles. The van der Waals surface area contributed by atoms with Crippen molar-refractivity contribution < 1.29 is 13.5 Å². The van der Waals surface area contributed by atoms with Crippen LogP contribution in [0.2, 0.25) is 0 Å². The Morgan fingerprint density at radius 1 is 1.32 bits per heavy atom. The van der Waals surface area contributed by atoms with Gasteiger partial charge in [0.1, 0.15) is 0 Å². The van der Waals surface area contributed by atoms with E-state index in [2.05, 4.69) is 14.6 Å². The van der Waals surface area contributed by atoms with Crippen LogP contribution in [-0.2, 0) is 16.6 Å². The van der Waals surface area contributed by atoms with E-state index in [4.69, 9.17) is 5.11 Å². The number of aliphatic hydroxyl groups is 1. The minimum Gasteiger partial charge on any atom is -0.392 e. The number of aliphatic hydroxyl groups excluding tert-OH is 1. The van der Waals surface area contributed by atoms with Gasteiger partial charge in [0.15, 0.2) is 5.03 Å². The van der Waals surface area contributed by atoms with Crippen molar-refractivity contribution in [2.24, 2.45) is 0 Å². The Hall–Kier alpha value is -1.02. The zero-order valence-corrected chi connectivity index (χ0v) is 12.2. The van der Waals surface area contributed by atoms with Crippen LogP contribution in [0.25, 0.3) is 0 Å². The van der Waals surface area contributed by atoms with E-state index >= 15 is 0 Å². The second-order valence-corrected chi connectivity index (χ2v) is 6.28. The lowest BCUT2D eigenvalue weighted by molar-refractivity contribution is 0.281. The summed E-state index contributed by atoms with van der Waals surface area (Å²) in [6.07, 6.45) is 3.08. The van der Waals surface area contributed by atoms with Gasteiger partial charge in [-0.05, 0) is 45.1 Å². The molecule has 0 amide bonds. The topological polar surface area (TPSA) is 82.5 Å².